The fourth-order valence-electron chi connectivity index (χ4n) is 1.69. The Morgan fingerprint density at radius 2 is 1.85 bits per heavy atom. The number of hydrogen-bond acceptors (Lipinski definition) is 9. The Labute approximate surface area is 173 Å². The van der Waals surface area contributed by atoms with Crippen LogP contribution in [0.25, 0.3) is 0 Å². The zero-order valence-electron chi connectivity index (χ0n) is 15.3. The molecule has 150 valence electrons. The molecule has 0 amide bonds. The summed E-state index contributed by atoms with van der Waals surface area (Å²) in [4.78, 5) is 12.2. The van der Waals surface area contributed by atoms with Crippen LogP contribution in [-0.2, 0) is 30.4 Å². The number of halogens is 1. The van der Waals surface area contributed by atoms with E-state index in [4.69, 9.17) is 37.2 Å². The first-order valence-electron chi connectivity index (χ1n) is 8.16. The molecule has 0 aliphatic heterocycles. The molecule has 1 aromatic rings. The second kappa shape index (κ2) is 12.5. The minimum absolute atomic E-state index is 0.0348. The van der Waals surface area contributed by atoms with Gasteiger partial charge in [0.05, 0.1) is 30.6 Å². The Bertz CT molecular complexity index is 735. The van der Waals surface area contributed by atoms with E-state index in [2.05, 4.69) is 10.2 Å². The number of rotatable bonds is 11. The van der Waals surface area contributed by atoms with Crippen molar-refractivity contribution >= 4 is 52.1 Å². The predicted molar refractivity (Wildman–Crippen MR) is 112 cm³/mol. The molecule has 0 atom stereocenters. The number of carbonyl (C=O) groups excluding carboxylic acids is 1. The van der Waals surface area contributed by atoms with Crippen LogP contribution in [0.5, 0.6) is 0 Å². The highest BCUT2D eigenvalue weighted by Crippen LogP contribution is 2.61. The van der Waals surface area contributed by atoms with Gasteiger partial charge in [0, 0.05) is 0 Å². The lowest BCUT2D eigenvalue weighted by Crippen LogP contribution is -2.09. The van der Waals surface area contributed by atoms with Gasteiger partial charge in [-0.05, 0) is 44.7 Å². The number of carbonyl (C=O) groups is 1. The number of hydrogen-bond donors (Lipinski definition) is 1. The van der Waals surface area contributed by atoms with Gasteiger partial charge in [0.25, 0.3) is 0 Å². The third kappa shape index (κ3) is 8.29. The van der Waals surface area contributed by atoms with Crippen molar-refractivity contribution in [1.82, 2.24) is 0 Å². The third-order valence-corrected chi connectivity index (χ3v) is 8.52. The summed E-state index contributed by atoms with van der Waals surface area (Å²) < 4.78 is 15.9. The minimum Gasteiger partial charge on any atom is -0.509 e. The summed E-state index contributed by atoms with van der Waals surface area (Å²) in [5.74, 6) is -1.16. The number of esters is 1. The SMILES string of the molecule is CCOC(=O)/C(N=Nc1ccccc1Cl)=C(\O)CSP(=S)(OCC)OCC. The Morgan fingerprint density at radius 1 is 1.22 bits per heavy atom. The lowest BCUT2D eigenvalue weighted by Gasteiger charge is -2.19. The van der Waals surface area contributed by atoms with Gasteiger partial charge in [-0.25, -0.2) is 4.79 Å². The molecule has 1 N–H and O–H groups in total. The van der Waals surface area contributed by atoms with Gasteiger partial charge in [-0.15, -0.1) is 10.2 Å². The molecule has 0 aliphatic rings. The molecule has 7 nitrogen and oxygen atoms in total. The van der Waals surface area contributed by atoms with Gasteiger partial charge in [0.2, 0.25) is 11.4 Å². The lowest BCUT2D eigenvalue weighted by molar-refractivity contribution is -0.138. The van der Waals surface area contributed by atoms with Crippen molar-refractivity contribution in [2.75, 3.05) is 25.6 Å². The molecule has 11 heteroatoms. The molecule has 1 rings (SSSR count). The molecule has 0 fully saturated rings. The average Bonchev–Trinajstić information content (AvgIpc) is 2.62. The van der Waals surface area contributed by atoms with E-state index >= 15 is 0 Å². The number of ether oxygens (including phenoxy) is 1. The molecule has 0 unspecified atom stereocenters. The van der Waals surface area contributed by atoms with E-state index in [1.807, 2.05) is 0 Å². The van der Waals surface area contributed by atoms with Crippen molar-refractivity contribution in [2.24, 2.45) is 10.2 Å². The van der Waals surface area contributed by atoms with Gasteiger partial charge in [0.15, 0.2) is 0 Å². The van der Waals surface area contributed by atoms with Gasteiger partial charge >= 0.3 is 5.97 Å². The third-order valence-electron chi connectivity index (χ3n) is 2.79. The molecule has 0 spiro atoms. The summed E-state index contributed by atoms with van der Waals surface area (Å²) in [5.41, 5.74) is -2.60. The summed E-state index contributed by atoms with van der Waals surface area (Å²) in [6.07, 6.45) is 0. The first-order valence-corrected chi connectivity index (χ1v) is 12.8. The van der Waals surface area contributed by atoms with Crippen molar-refractivity contribution in [3.05, 3.63) is 40.7 Å². The highest BCUT2D eigenvalue weighted by molar-refractivity contribution is 8.67. The van der Waals surface area contributed by atoms with E-state index in [1.165, 1.54) is 0 Å². The first kappa shape index (κ1) is 24.1. The Balaban J connectivity index is 3.07. The second-order valence-corrected chi connectivity index (χ2v) is 11.4. The van der Waals surface area contributed by atoms with Crippen LogP contribution in [0.4, 0.5) is 5.69 Å². The van der Waals surface area contributed by atoms with Crippen LogP contribution in [0.15, 0.2) is 46.0 Å². The Morgan fingerprint density at radius 3 is 2.41 bits per heavy atom. The van der Waals surface area contributed by atoms with Crippen LogP contribution in [-0.4, -0.2) is 36.6 Å². The molecular formula is C16H22ClN2O5PS2. The van der Waals surface area contributed by atoms with Gasteiger partial charge in [0.1, 0.15) is 11.4 Å². The minimum atomic E-state index is -2.63. The second-order valence-electron chi connectivity index (χ2n) is 4.72. The van der Waals surface area contributed by atoms with Crippen molar-refractivity contribution in [2.45, 2.75) is 20.8 Å². The predicted octanol–water partition coefficient (Wildman–Crippen LogP) is 5.79. The molecule has 0 bridgehead atoms. The van der Waals surface area contributed by atoms with Crippen LogP contribution >= 0.6 is 28.7 Å². The number of nitrogens with zero attached hydrogens (tertiary/aromatic N) is 2. The maximum absolute atomic E-state index is 12.2. The van der Waals surface area contributed by atoms with E-state index in [9.17, 15) is 9.90 Å². The van der Waals surface area contributed by atoms with Crippen LogP contribution in [0.3, 0.4) is 0 Å². The van der Waals surface area contributed by atoms with Crippen molar-refractivity contribution in [3.8, 4) is 0 Å². The molecule has 0 heterocycles. The zero-order chi connectivity index (χ0) is 20.3. The largest absolute Gasteiger partial charge is 0.509 e. The standard InChI is InChI=1S/C16H22ClN2O5PS2/c1-4-22-16(21)15(19-18-13-10-8-7-9-12(13)17)14(20)11-27-25(26,23-5-2)24-6-3/h7-10,20H,4-6,11H2,1-3H3/b15-14+,19-18?. The molecule has 0 saturated heterocycles. The fraction of sp³-hybridized carbons (Fsp3) is 0.438. The summed E-state index contributed by atoms with van der Waals surface area (Å²) >= 11 is 12.5. The molecule has 0 saturated carbocycles. The molecule has 0 radical (unpaired) electrons. The van der Waals surface area contributed by atoms with Crippen molar-refractivity contribution in [3.63, 3.8) is 0 Å². The highest BCUT2D eigenvalue weighted by atomic mass is 35.5. The first-order chi connectivity index (χ1) is 12.9. The van der Waals surface area contributed by atoms with E-state index in [-0.39, 0.29) is 23.8 Å². The summed E-state index contributed by atoms with van der Waals surface area (Å²) in [7, 11) is 0. The van der Waals surface area contributed by atoms with Gasteiger partial charge < -0.3 is 18.9 Å². The molecule has 27 heavy (non-hydrogen) atoms. The number of azo groups is 1. The summed E-state index contributed by atoms with van der Waals surface area (Å²) in [6, 6.07) is 6.74. The summed E-state index contributed by atoms with van der Waals surface area (Å²) in [6.45, 7) is 6.14. The topological polar surface area (TPSA) is 89.7 Å². The van der Waals surface area contributed by atoms with Crippen LogP contribution in [0.1, 0.15) is 20.8 Å². The number of aliphatic hydroxyl groups excluding tert-OH is 1. The summed E-state index contributed by atoms with van der Waals surface area (Å²) in [5, 5.41) is 18.5. The molecule has 1 aromatic carbocycles. The smallest absolute Gasteiger partial charge is 0.362 e. The van der Waals surface area contributed by atoms with Crippen LogP contribution in [0.2, 0.25) is 5.02 Å². The molecule has 0 aromatic heterocycles. The normalized spacial score (nSPS) is 12.9. The van der Waals surface area contributed by atoms with Gasteiger partial charge in [-0.1, -0.05) is 35.1 Å². The van der Waals surface area contributed by atoms with E-state index in [0.717, 1.165) is 11.4 Å². The zero-order valence-corrected chi connectivity index (χ0v) is 18.5. The lowest BCUT2D eigenvalue weighted by atomic mass is 10.3. The Hall–Kier alpha value is -0.960. The fourth-order valence-corrected chi connectivity index (χ4v) is 6.16. The van der Waals surface area contributed by atoms with Crippen molar-refractivity contribution in [1.29, 1.82) is 0 Å². The highest BCUT2D eigenvalue weighted by Gasteiger charge is 2.23. The van der Waals surface area contributed by atoms with Crippen molar-refractivity contribution < 1.29 is 23.7 Å². The van der Waals surface area contributed by atoms with E-state index in [0.29, 0.717) is 23.9 Å². The number of aliphatic hydroxyl groups is 1. The number of benzene rings is 1. The van der Waals surface area contributed by atoms with E-state index in [1.54, 1.807) is 45.0 Å². The molecular weight excluding hydrogens is 431 g/mol. The Kier molecular flexibility index (Phi) is 11.1. The quantitative estimate of drug-likeness (QED) is 0.149. The average molecular weight is 453 g/mol. The monoisotopic (exact) mass is 452 g/mol. The van der Waals surface area contributed by atoms with Gasteiger partial charge in [-0.2, -0.15) is 0 Å². The van der Waals surface area contributed by atoms with Crippen LogP contribution in [0, 0.1) is 0 Å². The van der Waals surface area contributed by atoms with E-state index < -0.39 is 11.7 Å². The molecule has 0 aliphatic carbocycles. The van der Waals surface area contributed by atoms with Gasteiger partial charge in [-0.3, -0.25) is 0 Å². The maximum atomic E-state index is 12.2. The van der Waals surface area contributed by atoms with Crippen LogP contribution < -0.4 is 0 Å². The maximum Gasteiger partial charge on any atom is 0.362 e.